The smallest absolute Gasteiger partial charge is 0.124 e. The summed E-state index contributed by atoms with van der Waals surface area (Å²) >= 11 is 0. The molecule has 0 aromatic heterocycles. The first-order valence-corrected chi connectivity index (χ1v) is 5.75. The molecule has 1 fully saturated rings. The van der Waals surface area contributed by atoms with E-state index in [1.807, 2.05) is 17.9 Å². The van der Waals surface area contributed by atoms with Gasteiger partial charge in [0.2, 0.25) is 0 Å². The second-order valence-electron chi connectivity index (χ2n) is 4.60. The molecule has 1 heterocycles. The van der Waals surface area contributed by atoms with E-state index in [0.29, 0.717) is 24.3 Å². The minimum atomic E-state index is -0.643. The zero-order valence-electron chi connectivity index (χ0n) is 9.78. The zero-order valence-corrected chi connectivity index (χ0v) is 9.78. The molecule has 17 heavy (non-hydrogen) atoms. The highest BCUT2D eigenvalue weighted by Gasteiger charge is 2.40. The first-order valence-electron chi connectivity index (χ1n) is 5.75. The molecule has 90 valence electrons. The summed E-state index contributed by atoms with van der Waals surface area (Å²) in [7, 11) is 0. The quantitative estimate of drug-likeness (QED) is 0.870. The molecule has 0 amide bonds. The summed E-state index contributed by atoms with van der Waals surface area (Å²) in [5.74, 6) is -0.408. The molecule has 0 saturated carbocycles. The largest absolute Gasteiger partial charge is 0.386 e. The van der Waals surface area contributed by atoms with Crippen LogP contribution in [0.5, 0.6) is 0 Å². The lowest BCUT2D eigenvalue weighted by molar-refractivity contribution is 0.00337. The second kappa shape index (κ2) is 4.34. The van der Waals surface area contributed by atoms with Gasteiger partial charge in [-0.05, 0) is 24.6 Å². The molecule has 1 saturated heterocycles. The highest BCUT2D eigenvalue weighted by molar-refractivity contribution is 5.61. The summed E-state index contributed by atoms with van der Waals surface area (Å²) in [6.45, 7) is 3.06. The number of anilines is 1. The van der Waals surface area contributed by atoms with Crippen LogP contribution >= 0.6 is 0 Å². The van der Waals surface area contributed by atoms with Gasteiger partial charge in [-0.15, -0.1) is 0 Å². The molecule has 2 rings (SSSR count). The predicted molar refractivity (Wildman–Crippen MR) is 63.2 cm³/mol. The first-order chi connectivity index (χ1) is 8.08. The molecule has 0 radical (unpaired) electrons. The Balaban J connectivity index is 2.14. The van der Waals surface area contributed by atoms with Crippen LogP contribution in [0.3, 0.4) is 0 Å². The Bertz CT molecular complexity index is 461. The lowest BCUT2D eigenvalue weighted by Gasteiger charge is -2.48. The number of benzene rings is 1. The van der Waals surface area contributed by atoms with E-state index >= 15 is 0 Å². The molecule has 1 N–H and O–H groups in total. The van der Waals surface area contributed by atoms with Gasteiger partial charge in [-0.1, -0.05) is 13.3 Å². The van der Waals surface area contributed by atoms with E-state index in [9.17, 15) is 9.50 Å². The molecule has 0 atom stereocenters. The maximum Gasteiger partial charge on any atom is 0.124 e. The van der Waals surface area contributed by atoms with E-state index in [0.717, 1.165) is 12.8 Å². The summed E-state index contributed by atoms with van der Waals surface area (Å²) in [5, 5.41) is 19.0. The average Bonchev–Trinajstić information content (AvgIpc) is 2.26. The third-order valence-corrected chi connectivity index (χ3v) is 3.11. The van der Waals surface area contributed by atoms with Crippen molar-refractivity contribution in [3.05, 3.63) is 29.6 Å². The van der Waals surface area contributed by atoms with Crippen LogP contribution in [0.2, 0.25) is 0 Å². The minimum absolute atomic E-state index is 0.323. The molecule has 1 aliphatic heterocycles. The topological polar surface area (TPSA) is 47.3 Å². The van der Waals surface area contributed by atoms with Crippen LogP contribution in [0.1, 0.15) is 25.3 Å². The number of nitriles is 1. The number of β-amino-alcohol motifs (C(OH)–C–C–N with tert-alkyl or cyclic N) is 1. The number of nitrogens with zero attached hydrogens (tertiary/aromatic N) is 2. The molecule has 1 aliphatic rings. The summed E-state index contributed by atoms with van der Waals surface area (Å²) < 4.78 is 13.0. The molecular weight excluding hydrogens is 219 g/mol. The van der Waals surface area contributed by atoms with Gasteiger partial charge in [0.05, 0.1) is 16.9 Å². The van der Waals surface area contributed by atoms with Crippen molar-refractivity contribution in [3.63, 3.8) is 0 Å². The van der Waals surface area contributed by atoms with Crippen LogP contribution in [0.4, 0.5) is 10.1 Å². The molecule has 0 unspecified atom stereocenters. The predicted octanol–water partition coefficient (Wildman–Crippen LogP) is 2.05. The number of halogens is 1. The van der Waals surface area contributed by atoms with Gasteiger partial charge < -0.3 is 10.0 Å². The standard InChI is InChI=1S/C13H15FN2O/c1-2-5-13(17)8-16(9-13)12-4-3-11(14)6-10(12)7-15/h3-4,6,17H,2,5,8-9H2,1H3. The highest BCUT2D eigenvalue weighted by Crippen LogP contribution is 2.32. The van der Waals surface area contributed by atoms with Gasteiger partial charge in [-0.3, -0.25) is 0 Å². The number of hydrogen-bond donors (Lipinski definition) is 1. The Kier molecular flexibility index (Phi) is 3.03. The number of hydrogen-bond acceptors (Lipinski definition) is 3. The number of aliphatic hydroxyl groups is 1. The summed E-state index contributed by atoms with van der Waals surface area (Å²) in [4.78, 5) is 1.91. The van der Waals surface area contributed by atoms with Gasteiger partial charge in [0.15, 0.2) is 0 Å². The number of rotatable bonds is 3. The van der Waals surface area contributed by atoms with E-state index in [4.69, 9.17) is 5.26 Å². The minimum Gasteiger partial charge on any atom is -0.386 e. The fourth-order valence-electron chi connectivity index (χ4n) is 2.33. The third kappa shape index (κ3) is 2.25. The van der Waals surface area contributed by atoms with Crippen LogP contribution in [0.25, 0.3) is 0 Å². The molecular formula is C13H15FN2O. The van der Waals surface area contributed by atoms with E-state index < -0.39 is 11.4 Å². The van der Waals surface area contributed by atoms with Crippen molar-refractivity contribution in [1.29, 1.82) is 5.26 Å². The van der Waals surface area contributed by atoms with Gasteiger partial charge in [0.1, 0.15) is 11.9 Å². The van der Waals surface area contributed by atoms with Crippen molar-refractivity contribution in [2.75, 3.05) is 18.0 Å². The Morgan fingerprint density at radius 2 is 2.24 bits per heavy atom. The summed E-state index contributed by atoms with van der Waals surface area (Å²) in [6, 6.07) is 6.15. The molecule has 4 heteroatoms. The Morgan fingerprint density at radius 1 is 1.53 bits per heavy atom. The van der Waals surface area contributed by atoms with Crippen molar-refractivity contribution in [2.45, 2.75) is 25.4 Å². The van der Waals surface area contributed by atoms with Crippen molar-refractivity contribution in [1.82, 2.24) is 0 Å². The van der Waals surface area contributed by atoms with E-state index in [-0.39, 0.29) is 0 Å². The molecule has 1 aromatic rings. The van der Waals surface area contributed by atoms with Crippen molar-refractivity contribution < 1.29 is 9.50 Å². The third-order valence-electron chi connectivity index (χ3n) is 3.11. The summed E-state index contributed by atoms with van der Waals surface area (Å²) in [6.07, 6.45) is 1.69. The van der Waals surface area contributed by atoms with E-state index in [1.165, 1.54) is 12.1 Å². The highest BCUT2D eigenvalue weighted by atomic mass is 19.1. The van der Waals surface area contributed by atoms with E-state index in [2.05, 4.69) is 0 Å². The maximum absolute atomic E-state index is 13.0. The fourth-order valence-corrected chi connectivity index (χ4v) is 2.33. The average molecular weight is 234 g/mol. The maximum atomic E-state index is 13.0. The Morgan fingerprint density at radius 3 is 2.82 bits per heavy atom. The lowest BCUT2D eigenvalue weighted by atomic mass is 9.88. The lowest BCUT2D eigenvalue weighted by Crippen LogP contribution is -2.62. The monoisotopic (exact) mass is 234 g/mol. The van der Waals surface area contributed by atoms with Crippen LogP contribution in [0, 0.1) is 17.1 Å². The van der Waals surface area contributed by atoms with Crippen LogP contribution in [-0.4, -0.2) is 23.8 Å². The summed E-state index contributed by atoms with van der Waals surface area (Å²) in [5.41, 5.74) is 0.383. The normalized spacial score (nSPS) is 17.4. The van der Waals surface area contributed by atoms with Gasteiger partial charge in [-0.25, -0.2) is 4.39 Å². The molecule has 0 bridgehead atoms. The second-order valence-corrected chi connectivity index (χ2v) is 4.60. The SMILES string of the molecule is CCCC1(O)CN(c2ccc(F)cc2C#N)C1. The zero-order chi connectivity index (χ0) is 12.5. The first kappa shape index (κ1) is 11.9. The Labute approximate surface area is 100 Å². The van der Waals surface area contributed by atoms with Crippen LogP contribution in [0.15, 0.2) is 18.2 Å². The molecule has 0 spiro atoms. The van der Waals surface area contributed by atoms with Gasteiger partial charge in [-0.2, -0.15) is 5.26 Å². The Hall–Kier alpha value is -1.60. The fraction of sp³-hybridized carbons (Fsp3) is 0.462. The van der Waals surface area contributed by atoms with Gasteiger partial charge in [0.25, 0.3) is 0 Å². The van der Waals surface area contributed by atoms with Crippen LogP contribution in [-0.2, 0) is 0 Å². The molecule has 3 nitrogen and oxygen atoms in total. The molecule has 0 aliphatic carbocycles. The van der Waals surface area contributed by atoms with Crippen molar-refractivity contribution in [3.8, 4) is 6.07 Å². The van der Waals surface area contributed by atoms with Gasteiger partial charge >= 0.3 is 0 Å². The molecule has 1 aromatic carbocycles. The van der Waals surface area contributed by atoms with Crippen LogP contribution < -0.4 is 4.90 Å². The van der Waals surface area contributed by atoms with Crippen molar-refractivity contribution in [2.24, 2.45) is 0 Å². The van der Waals surface area contributed by atoms with Crippen molar-refractivity contribution >= 4 is 5.69 Å². The van der Waals surface area contributed by atoms with Gasteiger partial charge in [0, 0.05) is 13.1 Å². The van der Waals surface area contributed by atoms with E-state index in [1.54, 1.807) is 6.07 Å².